The van der Waals surface area contributed by atoms with Crippen molar-refractivity contribution < 1.29 is 0 Å². The summed E-state index contributed by atoms with van der Waals surface area (Å²) >= 11 is 0. The Bertz CT molecular complexity index is 966. The molecular formula is C21H14N4. The molecule has 25 heavy (non-hydrogen) atoms. The van der Waals surface area contributed by atoms with Crippen LogP contribution in [-0.2, 0) is 0 Å². The zero-order valence-corrected chi connectivity index (χ0v) is 13.4. The topological polar surface area (TPSA) is 72.3 Å². The lowest BCUT2D eigenvalue weighted by atomic mass is 10.0. The molecule has 4 nitrogen and oxygen atoms in total. The van der Waals surface area contributed by atoms with Crippen molar-refractivity contribution in [2.75, 3.05) is 0 Å². The molecule has 0 spiro atoms. The average molecular weight is 322 g/mol. The number of benzene rings is 2. The van der Waals surface area contributed by atoms with E-state index < -0.39 is 0 Å². The lowest BCUT2D eigenvalue weighted by Gasteiger charge is -2.04. The van der Waals surface area contributed by atoms with Crippen LogP contribution >= 0.6 is 0 Å². The molecule has 3 rings (SSSR count). The smallest absolute Gasteiger partial charge is 0.177 e. The molecule has 1 aliphatic rings. The van der Waals surface area contributed by atoms with Gasteiger partial charge in [-0.3, -0.25) is 0 Å². The predicted octanol–water partition coefficient (Wildman–Crippen LogP) is 4.29. The van der Waals surface area contributed by atoms with Gasteiger partial charge in [0.25, 0.3) is 0 Å². The zero-order chi connectivity index (χ0) is 17.5. The summed E-state index contributed by atoms with van der Waals surface area (Å²) in [5, 5.41) is 18.6. The van der Waals surface area contributed by atoms with Crippen LogP contribution in [0.4, 0.5) is 0 Å². The third-order valence-corrected chi connectivity index (χ3v) is 3.66. The van der Waals surface area contributed by atoms with Crippen LogP contribution in [0.5, 0.6) is 0 Å². The molecule has 1 heterocycles. The molecule has 2 aromatic carbocycles. The first-order valence-corrected chi connectivity index (χ1v) is 7.78. The summed E-state index contributed by atoms with van der Waals surface area (Å²) < 4.78 is 0. The van der Waals surface area contributed by atoms with Crippen molar-refractivity contribution in [2.45, 2.75) is 6.42 Å². The van der Waals surface area contributed by atoms with Crippen molar-refractivity contribution in [3.05, 3.63) is 89.3 Å². The largest absolute Gasteiger partial charge is 0.239 e. The Hall–Kier alpha value is -3.76. The zero-order valence-electron chi connectivity index (χ0n) is 13.4. The molecule has 0 atom stereocenters. The molecule has 0 fully saturated rings. The molecule has 0 radical (unpaired) electrons. The third kappa shape index (κ3) is 3.96. The normalized spacial score (nSPS) is 14.3. The number of hydrogen-bond acceptors (Lipinski definition) is 4. The van der Waals surface area contributed by atoms with Gasteiger partial charge in [-0.05, 0) is 17.2 Å². The van der Waals surface area contributed by atoms with Crippen LogP contribution in [0, 0.1) is 22.7 Å². The molecule has 0 saturated heterocycles. The first kappa shape index (κ1) is 16.1. The molecule has 0 amide bonds. The van der Waals surface area contributed by atoms with Crippen LogP contribution < -0.4 is 0 Å². The van der Waals surface area contributed by atoms with E-state index in [0.29, 0.717) is 12.1 Å². The minimum absolute atomic E-state index is 0.0427. The van der Waals surface area contributed by atoms with Crippen molar-refractivity contribution >= 4 is 17.5 Å². The maximum atomic E-state index is 9.32. The molecule has 4 heteroatoms. The molecule has 0 aromatic heterocycles. The van der Waals surface area contributed by atoms with Gasteiger partial charge in [-0.25, -0.2) is 9.98 Å². The van der Waals surface area contributed by atoms with E-state index in [9.17, 15) is 10.5 Å². The van der Waals surface area contributed by atoms with E-state index in [2.05, 4.69) is 9.98 Å². The summed E-state index contributed by atoms with van der Waals surface area (Å²) in [4.78, 5) is 8.73. The van der Waals surface area contributed by atoms with Crippen LogP contribution in [0.15, 0.2) is 88.1 Å². The molecule has 0 saturated carbocycles. The number of nitrogens with zero attached hydrogens (tertiary/aromatic N) is 4. The van der Waals surface area contributed by atoms with Crippen LogP contribution in [-0.4, -0.2) is 11.4 Å². The summed E-state index contributed by atoms with van der Waals surface area (Å²) in [6, 6.07) is 23.4. The van der Waals surface area contributed by atoms with Gasteiger partial charge in [0.05, 0.1) is 5.71 Å². The van der Waals surface area contributed by atoms with Crippen molar-refractivity contribution in [1.29, 1.82) is 10.5 Å². The van der Waals surface area contributed by atoms with Crippen molar-refractivity contribution in [3.63, 3.8) is 0 Å². The fourth-order valence-electron chi connectivity index (χ4n) is 2.44. The standard InChI is InChI=1S/C21H14N4/c22-14-20-21(15-23)25-19(17-9-5-2-6-10-17)13-18(24-20)12-11-16-7-3-1-4-8-16/h1-12H,13H2. The maximum Gasteiger partial charge on any atom is 0.177 e. The van der Waals surface area contributed by atoms with Gasteiger partial charge < -0.3 is 0 Å². The first-order valence-electron chi connectivity index (χ1n) is 7.78. The predicted molar refractivity (Wildman–Crippen MR) is 98.8 cm³/mol. The highest BCUT2D eigenvalue weighted by Gasteiger charge is 2.15. The molecule has 2 aromatic rings. The van der Waals surface area contributed by atoms with Crippen LogP contribution in [0.1, 0.15) is 17.5 Å². The minimum atomic E-state index is 0.0427. The lowest BCUT2D eigenvalue weighted by molar-refractivity contribution is 1.27. The fraction of sp³-hybridized carbons (Fsp3) is 0.0476. The van der Waals surface area contributed by atoms with Gasteiger partial charge in [-0.15, -0.1) is 0 Å². The molecular weight excluding hydrogens is 308 g/mol. The van der Waals surface area contributed by atoms with Crippen molar-refractivity contribution in [1.82, 2.24) is 0 Å². The lowest BCUT2D eigenvalue weighted by Crippen LogP contribution is -2.06. The summed E-state index contributed by atoms with van der Waals surface area (Å²) in [6.07, 6.45) is 4.25. The Kier molecular flexibility index (Phi) is 4.95. The molecule has 1 aliphatic heterocycles. The van der Waals surface area contributed by atoms with Gasteiger partial charge in [0, 0.05) is 12.1 Å². The summed E-state index contributed by atoms with van der Waals surface area (Å²) in [5.74, 6) is 0. The van der Waals surface area contributed by atoms with E-state index in [1.807, 2.05) is 85.0 Å². The van der Waals surface area contributed by atoms with E-state index in [0.717, 1.165) is 16.8 Å². The van der Waals surface area contributed by atoms with E-state index in [4.69, 9.17) is 0 Å². The highest BCUT2D eigenvalue weighted by molar-refractivity contribution is 6.17. The van der Waals surface area contributed by atoms with Crippen LogP contribution in [0.3, 0.4) is 0 Å². The van der Waals surface area contributed by atoms with Gasteiger partial charge in [0.15, 0.2) is 11.4 Å². The summed E-state index contributed by atoms with van der Waals surface area (Å²) in [5.41, 5.74) is 3.45. The van der Waals surface area contributed by atoms with Gasteiger partial charge in [0.2, 0.25) is 0 Å². The summed E-state index contributed by atoms with van der Waals surface area (Å²) in [7, 11) is 0. The van der Waals surface area contributed by atoms with E-state index in [-0.39, 0.29) is 11.4 Å². The highest BCUT2D eigenvalue weighted by Crippen LogP contribution is 2.18. The van der Waals surface area contributed by atoms with Crippen molar-refractivity contribution in [3.8, 4) is 12.1 Å². The van der Waals surface area contributed by atoms with E-state index in [1.54, 1.807) is 0 Å². The second-order valence-electron chi connectivity index (χ2n) is 5.37. The number of nitriles is 2. The minimum Gasteiger partial charge on any atom is -0.239 e. The second kappa shape index (κ2) is 7.68. The molecule has 0 bridgehead atoms. The number of hydrogen-bond donors (Lipinski definition) is 0. The Balaban J connectivity index is 2.02. The van der Waals surface area contributed by atoms with Gasteiger partial charge in [-0.2, -0.15) is 10.5 Å². The molecule has 0 aliphatic carbocycles. The van der Waals surface area contributed by atoms with Gasteiger partial charge >= 0.3 is 0 Å². The monoisotopic (exact) mass is 322 g/mol. The number of allylic oxidation sites excluding steroid dienone is 3. The SMILES string of the molecule is N#CC1=C(C#N)N=C(c2ccccc2)CC(C=Cc2ccccc2)=N1. The van der Waals surface area contributed by atoms with Crippen LogP contribution in [0.2, 0.25) is 0 Å². The Labute approximate surface area is 146 Å². The summed E-state index contributed by atoms with van der Waals surface area (Å²) in [6.45, 7) is 0. The molecule has 118 valence electrons. The molecule has 0 N–H and O–H groups in total. The third-order valence-electron chi connectivity index (χ3n) is 3.66. The van der Waals surface area contributed by atoms with Gasteiger partial charge in [0.1, 0.15) is 12.1 Å². The Morgan fingerprint density at radius 3 is 2.00 bits per heavy atom. The quantitative estimate of drug-likeness (QED) is 0.845. The Morgan fingerprint density at radius 1 is 0.760 bits per heavy atom. The maximum absolute atomic E-state index is 9.32. The number of rotatable bonds is 3. The average Bonchev–Trinajstić information content (AvgIpc) is 2.87. The fourth-order valence-corrected chi connectivity index (χ4v) is 2.44. The number of aliphatic imine (C=N–C) groups is 2. The first-order chi connectivity index (χ1) is 12.3. The Morgan fingerprint density at radius 2 is 1.36 bits per heavy atom. The van der Waals surface area contributed by atoms with Crippen LogP contribution in [0.25, 0.3) is 6.08 Å². The second-order valence-corrected chi connectivity index (χ2v) is 5.37. The highest BCUT2D eigenvalue weighted by atomic mass is 14.9. The van der Waals surface area contributed by atoms with E-state index in [1.165, 1.54) is 0 Å². The van der Waals surface area contributed by atoms with Crippen molar-refractivity contribution in [2.24, 2.45) is 9.98 Å². The molecule has 0 unspecified atom stereocenters. The van der Waals surface area contributed by atoms with Gasteiger partial charge in [-0.1, -0.05) is 66.7 Å². The van der Waals surface area contributed by atoms with E-state index >= 15 is 0 Å².